The van der Waals surface area contributed by atoms with E-state index in [0.29, 0.717) is 24.8 Å². The summed E-state index contributed by atoms with van der Waals surface area (Å²) in [4.78, 5) is 77.0. The van der Waals surface area contributed by atoms with Crippen molar-refractivity contribution >= 4 is 35.2 Å². The smallest absolute Gasteiger partial charge is 0.262 e. The van der Waals surface area contributed by atoms with Crippen LogP contribution in [0.25, 0.3) is 0 Å². The molecule has 0 radical (unpaired) electrons. The Labute approximate surface area is 343 Å². The Morgan fingerprint density at radius 1 is 0.780 bits per heavy atom. The first kappa shape index (κ1) is 37.4. The third kappa shape index (κ3) is 6.76. The van der Waals surface area contributed by atoms with E-state index in [9.17, 15) is 29.1 Å². The van der Waals surface area contributed by atoms with Crippen molar-refractivity contribution in [3.05, 3.63) is 124 Å². The second-order valence-corrected chi connectivity index (χ2v) is 17.5. The number of aromatic hydroxyl groups is 1. The third-order valence-electron chi connectivity index (χ3n) is 14.2. The highest BCUT2D eigenvalue weighted by Crippen LogP contribution is 2.47. The number of nitrogens with zero attached hydrogens (tertiary/aromatic N) is 5. The van der Waals surface area contributed by atoms with E-state index in [1.54, 1.807) is 18.2 Å². The first-order valence-electron chi connectivity index (χ1n) is 21.1. The number of carbonyl (C=O) groups excluding carboxylic acids is 5. The number of piperidine rings is 3. The Hall–Kier alpha value is -5.88. The largest absolute Gasteiger partial charge is 0.508 e. The molecule has 0 unspecified atom stereocenters. The predicted octanol–water partition coefficient (Wildman–Crippen LogP) is 5.28. The summed E-state index contributed by atoms with van der Waals surface area (Å²) in [5.74, 6) is -1.20. The van der Waals surface area contributed by atoms with Gasteiger partial charge in [0.2, 0.25) is 17.7 Å². The summed E-state index contributed by atoms with van der Waals surface area (Å²) >= 11 is 0. The van der Waals surface area contributed by atoms with E-state index in [1.807, 2.05) is 17.2 Å². The van der Waals surface area contributed by atoms with Gasteiger partial charge in [-0.1, -0.05) is 36.4 Å². The topological polar surface area (TPSA) is 143 Å². The molecule has 12 heteroatoms. The number of imide groups is 2. The van der Waals surface area contributed by atoms with Crippen LogP contribution in [-0.4, -0.2) is 93.1 Å². The van der Waals surface area contributed by atoms with Crippen LogP contribution < -0.4 is 10.2 Å². The second-order valence-electron chi connectivity index (χ2n) is 17.5. The van der Waals surface area contributed by atoms with Crippen LogP contribution in [0.15, 0.2) is 79.0 Å². The summed E-state index contributed by atoms with van der Waals surface area (Å²) < 4.78 is 0. The highest BCUT2D eigenvalue weighted by atomic mass is 16.3. The van der Waals surface area contributed by atoms with Crippen molar-refractivity contribution in [2.45, 2.75) is 82.3 Å². The Morgan fingerprint density at radius 2 is 1.47 bits per heavy atom. The Balaban J connectivity index is 0.732. The van der Waals surface area contributed by atoms with Crippen molar-refractivity contribution in [1.29, 1.82) is 0 Å². The van der Waals surface area contributed by atoms with Gasteiger partial charge in [0.25, 0.3) is 11.8 Å². The number of benzene rings is 3. The van der Waals surface area contributed by atoms with Crippen LogP contribution in [0.5, 0.6) is 5.75 Å². The van der Waals surface area contributed by atoms with E-state index in [-0.39, 0.29) is 47.8 Å². The summed E-state index contributed by atoms with van der Waals surface area (Å²) in [6.07, 6.45) is 8.31. The van der Waals surface area contributed by atoms with Crippen LogP contribution >= 0.6 is 0 Å². The van der Waals surface area contributed by atoms with Gasteiger partial charge in [-0.2, -0.15) is 0 Å². The van der Waals surface area contributed by atoms with Gasteiger partial charge in [0, 0.05) is 57.3 Å². The van der Waals surface area contributed by atoms with Crippen LogP contribution in [0.3, 0.4) is 0 Å². The number of amides is 5. The van der Waals surface area contributed by atoms with Gasteiger partial charge in [0.15, 0.2) is 0 Å². The number of aryl methyl sites for hydroxylation is 1. The van der Waals surface area contributed by atoms with Gasteiger partial charge in [-0.05, 0) is 120 Å². The third-order valence-corrected chi connectivity index (χ3v) is 14.2. The number of anilines is 1. The SMILES string of the molecule is O=C1CC[C@@H](N2C(=O)c3cc4c(cc3C2=O)CN(CC(=O)N2CCC3(CC2)CCN(c2ccc([C@@H]5c6ccc(O)cc6CC[C@@H]5c5ccccc5)nc2)CC3)C4)C(=O)N1. The van der Waals surface area contributed by atoms with E-state index in [2.05, 4.69) is 63.6 Å². The van der Waals surface area contributed by atoms with Gasteiger partial charge in [-0.25, -0.2) is 0 Å². The van der Waals surface area contributed by atoms with Gasteiger partial charge in [0.1, 0.15) is 11.8 Å². The molecule has 2 N–H and O–H groups in total. The van der Waals surface area contributed by atoms with E-state index in [0.717, 1.165) is 92.1 Å². The minimum atomic E-state index is -0.992. The van der Waals surface area contributed by atoms with Crippen molar-refractivity contribution in [2.24, 2.45) is 5.41 Å². The number of nitrogens with one attached hydrogen (secondary N) is 1. The predicted molar refractivity (Wildman–Crippen MR) is 219 cm³/mol. The number of aromatic nitrogens is 1. The summed E-state index contributed by atoms with van der Waals surface area (Å²) in [6.45, 7) is 4.68. The van der Waals surface area contributed by atoms with Gasteiger partial charge in [-0.3, -0.25) is 44.1 Å². The van der Waals surface area contributed by atoms with Crippen molar-refractivity contribution in [3.63, 3.8) is 0 Å². The molecule has 302 valence electrons. The maximum Gasteiger partial charge on any atom is 0.262 e. The second kappa shape index (κ2) is 14.7. The van der Waals surface area contributed by atoms with Crippen molar-refractivity contribution in [3.8, 4) is 5.75 Å². The van der Waals surface area contributed by atoms with Gasteiger partial charge >= 0.3 is 0 Å². The molecule has 10 rings (SSSR count). The fourth-order valence-corrected chi connectivity index (χ4v) is 10.8. The lowest BCUT2D eigenvalue weighted by atomic mass is 9.70. The van der Waals surface area contributed by atoms with E-state index >= 15 is 0 Å². The lowest BCUT2D eigenvalue weighted by molar-refractivity contribution is -0.137. The summed E-state index contributed by atoms with van der Waals surface area (Å²) in [7, 11) is 0. The fourth-order valence-electron chi connectivity index (χ4n) is 10.8. The number of hydrogen-bond acceptors (Lipinski definition) is 9. The van der Waals surface area contributed by atoms with Crippen molar-refractivity contribution < 1.29 is 29.1 Å². The minimum Gasteiger partial charge on any atom is -0.508 e. The maximum absolute atomic E-state index is 13.6. The zero-order valence-electron chi connectivity index (χ0n) is 33.1. The fraction of sp³-hybridized carbons (Fsp3) is 0.404. The lowest BCUT2D eigenvalue weighted by Crippen LogP contribution is -2.54. The average Bonchev–Trinajstić information content (AvgIpc) is 3.75. The van der Waals surface area contributed by atoms with Crippen LogP contribution in [0.2, 0.25) is 0 Å². The number of rotatable bonds is 6. The molecule has 12 nitrogen and oxygen atoms in total. The molecule has 59 heavy (non-hydrogen) atoms. The molecule has 0 saturated carbocycles. The molecular formula is C47H48N6O6. The first-order valence-corrected chi connectivity index (χ1v) is 21.1. The zero-order chi connectivity index (χ0) is 40.4. The average molecular weight is 793 g/mol. The standard InChI is InChI=1S/C47H48N6O6/c54-34-8-10-36-30(22-34)6-9-35(29-4-2-1-3-5-29)43(36)39-11-7-33(25-48-39)51-18-14-47(15-19-51)16-20-52(21-17-47)42(56)28-50-26-31-23-37-38(24-32(31)27-50)46(59)53(45(37)58)40-12-13-41(55)49-44(40)57/h1-5,7-8,10-11,22-25,35,40,43,54H,6,9,12-21,26-28H2,(H,49,55,57)/t35-,40-,43+/m1/s1. The quantitative estimate of drug-likeness (QED) is 0.250. The number of carbonyl (C=O) groups is 5. The molecular weight excluding hydrogens is 745 g/mol. The summed E-state index contributed by atoms with van der Waals surface area (Å²) in [5.41, 5.74) is 8.58. The molecule has 4 aromatic rings. The van der Waals surface area contributed by atoms with E-state index < -0.39 is 29.7 Å². The van der Waals surface area contributed by atoms with Crippen LogP contribution in [0.1, 0.15) is 111 Å². The number of phenolic OH excluding ortho intramolecular Hbond substituents is 1. The molecule has 1 aliphatic carbocycles. The lowest BCUT2D eigenvalue weighted by Gasteiger charge is -2.47. The number of hydrogen-bond donors (Lipinski definition) is 2. The molecule has 3 aromatic carbocycles. The minimum absolute atomic E-state index is 0.0789. The molecule has 3 fully saturated rings. The Kier molecular flexibility index (Phi) is 9.34. The number of fused-ring (bicyclic) bond motifs is 3. The number of likely N-dealkylation sites (tertiary alicyclic amines) is 1. The number of phenols is 1. The molecule has 1 spiro atoms. The maximum atomic E-state index is 13.6. The van der Waals surface area contributed by atoms with E-state index in [1.165, 1.54) is 16.7 Å². The molecule has 6 aliphatic rings. The zero-order valence-corrected chi connectivity index (χ0v) is 33.1. The normalized spacial score (nSPS) is 23.9. The molecule has 5 aliphatic heterocycles. The van der Waals surface area contributed by atoms with Gasteiger partial charge < -0.3 is 14.9 Å². The van der Waals surface area contributed by atoms with E-state index in [4.69, 9.17) is 4.98 Å². The molecule has 6 heterocycles. The summed E-state index contributed by atoms with van der Waals surface area (Å²) in [6, 6.07) is 23.4. The molecule has 3 atom stereocenters. The van der Waals surface area contributed by atoms with Gasteiger partial charge in [-0.15, -0.1) is 0 Å². The summed E-state index contributed by atoms with van der Waals surface area (Å²) in [5, 5.41) is 12.5. The van der Waals surface area contributed by atoms with Crippen LogP contribution in [0.4, 0.5) is 5.69 Å². The first-order chi connectivity index (χ1) is 28.6. The van der Waals surface area contributed by atoms with Crippen LogP contribution in [0, 0.1) is 5.41 Å². The van der Waals surface area contributed by atoms with Crippen LogP contribution in [-0.2, 0) is 33.9 Å². The monoisotopic (exact) mass is 792 g/mol. The van der Waals surface area contributed by atoms with Gasteiger partial charge in [0.05, 0.1) is 29.6 Å². The van der Waals surface area contributed by atoms with Crippen molar-refractivity contribution in [1.82, 2.24) is 25.0 Å². The molecule has 5 amide bonds. The Bertz CT molecular complexity index is 2320. The number of pyridine rings is 1. The Morgan fingerprint density at radius 3 is 2.14 bits per heavy atom. The molecule has 0 bridgehead atoms. The highest BCUT2D eigenvalue weighted by molar-refractivity contribution is 6.23. The molecule has 1 aromatic heterocycles. The highest BCUT2D eigenvalue weighted by Gasteiger charge is 2.46. The molecule has 3 saturated heterocycles. The van der Waals surface area contributed by atoms with Crippen molar-refractivity contribution in [2.75, 3.05) is 37.6 Å².